The second-order valence-corrected chi connectivity index (χ2v) is 4.51. The zero-order valence-corrected chi connectivity index (χ0v) is 8.81. The molecule has 14 heavy (non-hydrogen) atoms. The molecule has 3 rings (SSSR count). The summed E-state index contributed by atoms with van der Waals surface area (Å²) in [6.45, 7) is 0. The number of hydrogen-bond acceptors (Lipinski definition) is 4. The predicted octanol–water partition coefficient (Wildman–Crippen LogP) is 3.42. The highest BCUT2D eigenvalue weighted by Gasteiger charge is 2.02. The Morgan fingerprint density at radius 1 is 1.07 bits per heavy atom. The Labute approximate surface area is 88.9 Å². The van der Waals surface area contributed by atoms with Crippen LogP contribution in [0.3, 0.4) is 0 Å². The molecule has 2 heterocycles. The predicted molar refractivity (Wildman–Crippen MR) is 60.7 cm³/mol. The number of fused-ring (bicyclic) bond motifs is 1. The molecular formula is C10H6N2S2. The van der Waals surface area contributed by atoms with Crippen molar-refractivity contribution >= 4 is 32.9 Å². The molecule has 2 aromatic heterocycles. The van der Waals surface area contributed by atoms with Gasteiger partial charge in [0.2, 0.25) is 0 Å². The van der Waals surface area contributed by atoms with Crippen molar-refractivity contribution in [3.63, 3.8) is 0 Å². The molecule has 0 saturated carbocycles. The van der Waals surface area contributed by atoms with E-state index in [0.29, 0.717) is 0 Å². The van der Waals surface area contributed by atoms with Gasteiger partial charge in [-0.25, -0.2) is 9.97 Å². The van der Waals surface area contributed by atoms with E-state index >= 15 is 0 Å². The molecule has 0 aliphatic rings. The fourth-order valence-electron chi connectivity index (χ4n) is 1.37. The largest absolute Gasteiger partial charge is 0.245 e. The van der Waals surface area contributed by atoms with Crippen LogP contribution in [-0.2, 0) is 0 Å². The first-order valence-electron chi connectivity index (χ1n) is 4.15. The third kappa shape index (κ3) is 1.23. The lowest BCUT2D eigenvalue weighted by atomic mass is 10.2. The molecule has 68 valence electrons. The van der Waals surface area contributed by atoms with Gasteiger partial charge in [-0.2, -0.15) is 0 Å². The first-order chi connectivity index (χ1) is 6.93. The zero-order valence-electron chi connectivity index (χ0n) is 7.18. The summed E-state index contributed by atoms with van der Waals surface area (Å²) in [5, 5.41) is 2.06. The minimum atomic E-state index is 1.05. The van der Waals surface area contributed by atoms with Gasteiger partial charge < -0.3 is 0 Å². The number of hydrogen-bond donors (Lipinski definition) is 0. The Bertz CT molecular complexity index is 554. The number of aromatic nitrogens is 2. The van der Waals surface area contributed by atoms with Gasteiger partial charge >= 0.3 is 0 Å². The van der Waals surface area contributed by atoms with E-state index in [0.717, 1.165) is 11.2 Å². The van der Waals surface area contributed by atoms with E-state index in [1.54, 1.807) is 22.7 Å². The summed E-state index contributed by atoms with van der Waals surface area (Å²) >= 11 is 3.28. The third-order valence-corrected chi connectivity index (χ3v) is 3.44. The van der Waals surface area contributed by atoms with Gasteiger partial charge in [0.05, 0.1) is 26.9 Å². The van der Waals surface area contributed by atoms with E-state index in [4.69, 9.17) is 0 Å². The maximum atomic E-state index is 4.28. The van der Waals surface area contributed by atoms with Crippen LogP contribution < -0.4 is 0 Å². The highest BCUT2D eigenvalue weighted by atomic mass is 32.1. The molecule has 3 aromatic rings. The Hall–Kier alpha value is -1.26. The van der Waals surface area contributed by atoms with Crippen LogP contribution in [-0.4, -0.2) is 9.97 Å². The standard InChI is InChI=1S/C10H6N2S2/c1-2-8-10(14-6-12-8)3-7(1)9-4-13-5-11-9/h1-6H. The first kappa shape index (κ1) is 8.08. The number of thiazole rings is 2. The number of rotatable bonds is 1. The van der Waals surface area contributed by atoms with Gasteiger partial charge in [-0.3, -0.25) is 0 Å². The minimum absolute atomic E-state index is 1.05. The maximum absolute atomic E-state index is 4.28. The van der Waals surface area contributed by atoms with Gasteiger partial charge in [-0.1, -0.05) is 6.07 Å². The summed E-state index contributed by atoms with van der Waals surface area (Å²) in [4.78, 5) is 8.52. The fourth-order valence-corrected chi connectivity index (χ4v) is 2.65. The molecule has 0 spiro atoms. The van der Waals surface area contributed by atoms with E-state index in [9.17, 15) is 0 Å². The van der Waals surface area contributed by atoms with E-state index in [-0.39, 0.29) is 0 Å². The van der Waals surface area contributed by atoms with E-state index in [1.165, 1.54) is 10.3 Å². The molecule has 0 unspecified atom stereocenters. The summed E-state index contributed by atoms with van der Waals surface area (Å²) < 4.78 is 1.22. The van der Waals surface area contributed by atoms with Crippen LogP contribution in [0.1, 0.15) is 0 Å². The van der Waals surface area contributed by atoms with Crippen molar-refractivity contribution in [3.8, 4) is 11.3 Å². The molecular weight excluding hydrogens is 212 g/mol. The van der Waals surface area contributed by atoms with Gasteiger partial charge in [0.1, 0.15) is 0 Å². The van der Waals surface area contributed by atoms with Gasteiger partial charge in [0, 0.05) is 10.9 Å². The van der Waals surface area contributed by atoms with Gasteiger partial charge in [0.25, 0.3) is 0 Å². The zero-order chi connectivity index (χ0) is 9.38. The molecule has 1 aromatic carbocycles. The van der Waals surface area contributed by atoms with Gasteiger partial charge in [-0.05, 0) is 12.1 Å². The molecule has 0 aliphatic carbocycles. The van der Waals surface area contributed by atoms with Crippen molar-refractivity contribution < 1.29 is 0 Å². The monoisotopic (exact) mass is 218 g/mol. The Morgan fingerprint density at radius 2 is 2.07 bits per heavy atom. The van der Waals surface area contributed by atoms with E-state index < -0.39 is 0 Å². The summed E-state index contributed by atoms with van der Waals surface area (Å²) in [7, 11) is 0. The van der Waals surface area contributed by atoms with Crippen molar-refractivity contribution in [2.45, 2.75) is 0 Å². The van der Waals surface area contributed by atoms with Crippen LogP contribution in [0.15, 0.2) is 34.6 Å². The Morgan fingerprint density at radius 3 is 2.93 bits per heavy atom. The summed E-state index contributed by atoms with van der Waals surface area (Å²) in [5.74, 6) is 0. The van der Waals surface area contributed by atoms with Crippen LogP contribution in [0.4, 0.5) is 0 Å². The number of benzene rings is 1. The smallest absolute Gasteiger partial charge is 0.0812 e. The molecule has 0 fully saturated rings. The molecule has 0 atom stereocenters. The molecule has 2 nitrogen and oxygen atoms in total. The highest BCUT2D eigenvalue weighted by Crippen LogP contribution is 2.25. The molecule has 0 aliphatic heterocycles. The lowest BCUT2D eigenvalue weighted by molar-refractivity contribution is 1.41. The molecule has 0 bridgehead atoms. The van der Waals surface area contributed by atoms with Crippen molar-refractivity contribution in [2.24, 2.45) is 0 Å². The quantitative estimate of drug-likeness (QED) is 0.625. The molecule has 0 saturated heterocycles. The van der Waals surface area contributed by atoms with Crippen LogP contribution in [0.5, 0.6) is 0 Å². The van der Waals surface area contributed by atoms with Crippen molar-refractivity contribution in [1.82, 2.24) is 9.97 Å². The van der Waals surface area contributed by atoms with Crippen LogP contribution in [0, 0.1) is 0 Å². The SMILES string of the molecule is c1nc(-c2ccc3ncsc3c2)cs1. The van der Waals surface area contributed by atoms with Gasteiger partial charge in [0.15, 0.2) is 0 Å². The van der Waals surface area contributed by atoms with E-state index in [1.807, 2.05) is 17.1 Å². The van der Waals surface area contributed by atoms with Gasteiger partial charge in [-0.15, -0.1) is 22.7 Å². The molecule has 0 amide bonds. The number of nitrogens with zero attached hydrogens (tertiary/aromatic N) is 2. The first-order valence-corrected chi connectivity index (χ1v) is 5.97. The van der Waals surface area contributed by atoms with Crippen molar-refractivity contribution in [1.29, 1.82) is 0 Å². The van der Waals surface area contributed by atoms with Crippen molar-refractivity contribution in [2.75, 3.05) is 0 Å². The molecule has 0 radical (unpaired) electrons. The summed E-state index contributed by atoms with van der Waals surface area (Å²) in [6.07, 6.45) is 0. The highest BCUT2D eigenvalue weighted by molar-refractivity contribution is 7.16. The van der Waals surface area contributed by atoms with E-state index in [2.05, 4.69) is 27.5 Å². The summed E-state index contributed by atoms with van der Waals surface area (Å²) in [6, 6.07) is 6.25. The lowest BCUT2D eigenvalue weighted by Gasteiger charge is -1.95. The van der Waals surface area contributed by atoms with Crippen LogP contribution >= 0.6 is 22.7 Å². The third-order valence-electron chi connectivity index (χ3n) is 2.06. The lowest BCUT2D eigenvalue weighted by Crippen LogP contribution is -1.75. The average molecular weight is 218 g/mol. The fraction of sp³-hybridized carbons (Fsp3) is 0. The minimum Gasteiger partial charge on any atom is -0.245 e. The van der Waals surface area contributed by atoms with Crippen molar-refractivity contribution in [3.05, 3.63) is 34.6 Å². The second-order valence-electron chi connectivity index (χ2n) is 2.91. The Kier molecular flexibility index (Phi) is 1.82. The summed E-state index contributed by atoms with van der Waals surface area (Å²) in [5.41, 5.74) is 7.00. The normalized spacial score (nSPS) is 10.9. The molecule has 0 N–H and O–H groups in total. The molecule has 4 heteroatoms. The van der Waals surface area contributed by atoms with Crippen LogP contribution in [0.25, 0.3) is 21.5 Å². The van der Waals surface area contributed by atoms with Crippen LogP contribution in [0.2, 0.25) is 0 Å². The Balaban J connectivity index is 2.23. The second kappa shape index (κ2) is 3.15. The topological polar surface area (TPSA) is 25.8 Å². The average Bonchev–Trinajstić information content (AvgIpc) is 2.88. The maximum Gasteiger partial charge on any atom is 0.0812 e.